The van der Waals surface area contributed by atoms with Crippen molar-refractivity contribution in [1.82, 2.24) is 20.8 Å². The molecular formula is C14H22N4O3. The molecule has 2 aliphatic rings. The van der Waals surface area contributed by atoms with E-state index in [0.717, 1.165) is 19.4 Å². The topological polar surface area (TPSA) is 89.3 Å². The van der Waals surface area contributed by atoms with Crippen molar-refractivity contribution < 1.29 is 14.1 Å². The van der Waals surface area contributed by atoms with Gasteiger partial charge in [-0.25, -0.2) is 0 Å². The number of aromatic nitrogens is 2. The van der Waals surface area contributed by atoms with Gasteiger partial charge in [0.05, 0.1) is 13.0 Å². The van der Waals surface area contributed by atoms with Gasteiger partial charge in [-0.2, -0.15) is 4.98 Å². The average molecular weight is 294 g/mol. The summed E-state index contributed by atoms with van der Waals surface area (Å²) >= 11 is 0. The van der Waals surface area contributed by atoms with E-state index in [2.05, 4.69) is 20.8 Å². The minimum Gasteiger partial charge on any atom is -0.366 e. The molecular weight excluding hydrogens is 272 g/mol. The van der Waals surface area contributed by atoms with Gasteiger partial charge in [-0.1, -0.05) is 24.4 Å². The van der Waals surface area contributed by atoms with Gasteiger partial charge in [0, 0.05) is 19.1 Å². The van der Waals surface area contributed by atoms with Crippen LogP contribution in [-0.2, 0) is 16.0 Å². The lowest BCUT2D eigenvalue weighted by molar-refractivity contribution is -0.121. The molecule has 1 amide bonds. The number of carbonyl (C=O) groups is 1. The lowest BCUT2D eigenvalue weighted by Crippen LogP contribution is -2.37. The second-order valence-electron chi connectivity index (χ2n) is 5.69. The maximum atomic E-state index is 12.0. The molecule has 2 heterocycles. The first-order chi connectivity index (χ1) is 10.3. The molecule has 1 aliphatic heterocycles. The highest BCUT2D eigenvalue weighted by molar-refractivity contribution is 5.78. The molecule has 1 saturated carbocycles. The lowest BCUT2D eigenvalue weighted by Gasteiger charge is -2.22. The van der Waals surface area contributed by atoms with Gasteiger partial charge in [0.15, 0.2) is 5.82 Å². The molecule has 1 aromatic rings. The second-order valence-corrected chi connectivity index (χ2v) is 5.69. The number of ether oxygens (including phenoxy) is 1. The standard InChI is InChI=1S/C14H22N4O3/c19-13(16-10-4-2-1-3-5-10)8-12-17-14(21-18-12)11-9-15-6-7-20-11/h10-11,15H,1-9H2,(H,16,19)/t11-/m0/s1. The number of morpholine rings is 1. The Morgan fingerprint density at radius 2 is 2.19 bits per heavy atom. The fourth-order valence-corrected chi connectivity index (χ4v) is 2.86. The molecule has 2 N–H and O–H groups in total. The van der Waals surface area contributed by atoms with E-state index in [1.165, 1.54) is 19.3 Å². The Bertz CT molecular complexity index is 465. The summed E-state index contributed by atoms with van der Waals surface area (Å²) in [5.41, 5.74) is 0. The molecule has 7 nitrogen and oxygen atoms in total. The zero-order chi connectivity index (χ0) is 14.5. The first-order valence-corrected chi connectivity index (χ1v) is 7.75. The van der Waals surface area contributed by atoms with Crippen molar-refractivity contribution in [2.75, 3.05) is 19.7 Å². The van der Waals surface area contributed by atoms with E-state index in [-0.39, 0.29) is 18.4 Å². The maximum absolute atomic E-state index is 12.0. The summed E-state index contributed by atoms with van der Waals surface area (Å²) in [7, 11) is 0. The molecule has 7 heteroatoms. The summed E-state index contributed by atoms with van der Waals surface area (Å²) < 4.78 is 10.7. The minimum atomic E-state index is -0.207. The van der Waals surface area contributed by atoms with Gasteiger partial charge in [-0.05, 0) is 12.8 Å². The molecule has 116 valence electrons. The van der Waals surface area contributed by atoms with Crippen LogP contribution in [0.3, 0.4) is 0 Å². The highest BCUT2D eigenvalue weighted by Gasteiger charge is 2.23. The summed E-state index contributed by atoms with van der Waals surface area (Å²) in [6.45, 7) is 2.13. The highest BCUT2D eigenvalue weighted by atomic mass is 16.5. The van der Waals surface area contributed by atoms with Gasteiger partial charge < -0.3 is 19.9 Å². The fraction of sp³-hybridized carbons (Fsp3) is 0.786. The summed E-state index contributed by atoms with van der Waals surface area (Å²) in [5.74, 6) is 0.840. The van der Waals surface area contributed by atoms with E-state index in [0.29, 0.717) is 30.9 Å². The number of nitrogens with zero attached hydrogens (tertiary/aromatic N) is 2. The van der Waals surface area contributed by atoms with Gasteiger partial charge >= 0.3 is 0 Å². The Balaban J connectivity index is 1.50. The van der Waals surface area contributed by atoms with Crippen LogP contribution in [0.1, 0.15) is 49.9 Å². The Labute approximate surface area is 123 Å². The lowest BCUT2D eigenvalue weighted by atomic mass is 9.95. The predicted octanol–water partition coefficient (Wildman–Crippen LogP) is 0.722. The highest BCUT2D eigenvalue weighted by Crippen LogP contribution is 2.18. The van der Waals surface area contributed by atoms with Gasteiger partial charge in [-0.3, -0.25) is 4.79 Å². The Morgan fingerprint density at radius 3 is 2.95 bits per heavy atom. The van der Waals surface area contributed by atoms with Crippen molar-refractivity contribution >= 4 is 5.91 Å². The van der Waals surface area contributed by atoms with Gasteiger partial charge in [-0.15, -0.1) is 0 Å². The quantitative estimate of drug-likeness (QED) is 0.850. The van der Waals surface area contributed by atoms with Crippen LogP contribution in [0.25, 0.3) is 0 Å². The molecule has 1 saturated heterocycles. The molecule has 0 spiro atoms. The van der Waals surface area contributed by atoms with Crippen LogP contribution in [0.2, 0.25) is 0 Å². The Hall–Kier alpha value is -1.47. The van der Waals surface area contributed by atoms with Crippen molar-refractivity contribution in [2.45, 2.75) is 50.7 Å². The first-order valence-electron chi connectivity index (χ1n) is 7.75. The fourth-order valence-electron chi connectivity index (χ4n) is 2.86. The van der Waals surface area contributed by atoms with Crippen molar-refractivity contribution in [2.24, 2.45) is 0 Å². The summed E-state index contributed by atoms with van der Waals surface area (Å²) in [5, 5.41) is 10.1. The van der Waals surface area contributed by atoms with Gasteiger partial charge in [0.1, 0.15) is 6.10 Å². The van der Waals surface area contributed by atoms with Crippen molar-refractivity contribution in [3.8, 4) is 0 Å². The molecule has 1 aromatic heterocycles. The first kappa shape index (κ1) is 14.5. The maximum Gasteiger partial charge on any atom is 0.257 e. The third-order valence-corrected chi connectivity index (χ3v) is 3.98. The molecule has 0 unspecified atom stereocenters. The van der Waals surface area contributed by atoms with E-state index >= 15 is 0 Å². The second kappa shape index (κ2) is 7.00. The van der Waals surface area contributed by atoms with E-state index < -0.39 is 0 Å². The molecule has 0 radical (unpaired) electrons. The van der Waals surface area contributed by atoms with E-state index in [1.807, 2.05) is 0 Å². The molecule has 1 aliphatic carbocycles. The number of amides is 1. The largest absolute Gasteiger partial charge is 0.366 e. The van der Waals surface area contributed by atoms with Crippen LogP contribution < -0.4 is 10.6 Å². The molecule has 21 heavy (non-hydrogen) atoms. The summed E-state index contributed by atoms with van der Waals surface area (Å²) in [6.07, 6.45) is 5.78. The molecule has 0 aromatic carbocycles. The zero-order valence-electron chi connectivity index (χ0n) is 12.1. The van der Waals surface area contributed by atoms with Gasteiger partial charge in [0.2, 0.25) is 5.91 Å². The number of rotatable bonds is 4. The van der Waals surface area contributed by atoms with Crippen LogP contribution >= 0.6 is 0 Å². The third kappa shape index (κ3) is 4.01. The van der Waals surface area contributed by atoms with Crippen LogP contribution in [-0.4, -0.2) is 41.8 Å². The zero-order valence-corrected chi connectivity index (χ0v) is 12.1. The van der Waals surface area contributed by atoms with Gasteiger partial charge in [0.25, 0.3) is 5.89 Å². The monoisotopic (exact) mass is 294 g/mol. The summed E-state index contributed by atoms with van der Waals surface area (Å²) in [6, 6.07) is 0.309. The van der Waals surface area contributed by atoms with E-state index in [1.54, 1.807) is 0 Å². The van der Waals surface area contributed by atoms with Crippen molar-refractivity contribution in [3.63, 3.8) is 0 Å². The van der Waals surface area contributed by atoms with Crippen molar-refractivity contribution in [1.29, 1.82) is 0 Å². The van der Waals surface area contributed by atoms with Crippen LogP contribution in [0.5, 0.6) is 0 Å². The normalized spacial score (nSPS) is 23.9. The number of hydrogen-bond donors (Lipinski definition) is 2. The Kier molecular flexibility index (Phi) is 4.82. The predicted molar refractivity (Wildman–Crippen MR) is 74.6 cm³/mol. The smallest absolute Gasteiger partial charge is 0.257 e. The van der Waals surface area contributed by atoms with Crippen LogP contribution in [0, 0.1) is 0 Å². The Morgan fingerprint density at radius 1 is 1.33 bits per heavy atom. The summed E-state index contributed by atoms with van der Waals surface area (Å²) in [4.78, 5) is 16.3. The number of hydrogen-bond acceptors (Lipinski definition) is 6. The van der Waals surface area contributed by atoms with E-state index in [9.17, 15) is 4.79 Å². The van der Waals surface area contributed by atoms with Crippen molar-refractivity contribution in [3.05, 3.63) is 11.7 Å². The molecule has 0 bridgehead atoms. The number of carbonyl (C=O) groups excluding carboxylic acids is 1. The minimum absolute atomic E-state index is 0.0306. The third-order valence-electron chi connectivity index (χ3n) is 3.98. The molecule has 1 atom stereocenters. The average Bonchev–Trinajstić information content (AvgIpc) is 2.97. The molecule has 2 fully saturated rings. The molecule has 3 rings (SSSR count). The van der Waals surface area contributed by atoms with Crippen LogP contribution in [0.4, 0.5) is 0 Å². The van der Waals surface area contributed by atoms with E-state index in [4.69, 9.17) is 9.26 Å². The number of nitrogens with one attached hydrogen (secondary N) is 2. The SMILES string of the molecule is O=C(Cc1noc([C@@H]2CNCCO2)n1)NC1CCCCC1. The van der Waals surface area contributed by atoms with Crippen LogP contribution in [0.15, 0.2) is 4.52 Å².